The molecule has 0 atom stereocenters. The monoisotopic (exact) mass is 314 g/mol. The summed E-state index contributed by atoms with van der Waals surface area (Å²) in [7, 11) is 0. The van der Waals surface area contributed by atoms with Crippen molar-refractivity contribution in [1.82, 2.24) is 5.32 Å². The summed E-state index contributed by atoms with van der Waals surface area (Å²) in [4.78, 5) is 23.7. The van der Waals surface area contributed by atoms with Crippen LogP contribution >= 0.6 is 11.6 Å². The van der Waals surface area contributed by atoms with Crippen molar-refractivity contribution in [1.29, 1.82) is 0 Å². The molecule has 0 unspecified atom stereocenters. The lowest BCUT2D eigenvalue weighted by Crippen LogP contribution is -2.34. The lowest BCUT2D eigenvalue weighted by atomic mass is 10.1. The number of benzene rings is 2. The van der Waals surface area contributed by atoms with E-state index in [0.717, 1.165) is 5.56 Å². The smallest absolute Gasteiger partial charge is 0.308 e. The Morgan fingerprint density at radius 2 is 1.64 bits per heavy atom. The molecule has 5 heteroatoms. The molecule has 0 saturated carbocycles. The minimum absolute atomic E-state index is 0.442. The van der Waals surface area contributed by atoms with E-state index >= 15 is 0 Å². The second kappa shape index (κ2) is 7.43. The largest absolute Gasteiger partial charge is 0.326 e. The molecule has 22 heavy (non-hydrogen) atoms. The molecule has 0 spiro atoms. The van der Waals surface area contributed by atoms with E-state index in [9.17, 15) is 9.59 Å². The Hall–Kier alpha value is -2.59. The van der Waals surface area contributed by atoms with E-state index in [4.69, 9.17) is 11.6 Å². The number of hydrogen-bond donors (Lipinski definition) is 2. The highest BCUT2D eigenvalue weighted by atomic mass is 35.5. The Balaban J connectivity index is 1.95. The molecule has 0 heterocycles. The predicted octanol–water partition coefficient (Wildman–Crippen LogP) is 4.09. The van der Waals surface area contributed by atoms with Crippen LogP contribution < -0.4 is 10.6 Å². The van der Waals surface area contributed by atoms with Crippen molar-refractivity contribution >= 4 is 35.3 Å². The number of hydrogen-bond acceptors (Lipinski definition) is 2. The zero-order valence-electron chi connectivity index (χ0n) is 12.0. The van der Waals surface area contributed by atoms with Crippen LogP contribution in [0.5, 0.6) is 0 Å². The molecule has 0 aliphatic rings. The van der Waals surface area contributed by atoms with Crippen LogP contribution in [0.1, 0.15) is 12.5 Å². The molecule has 0 saturated heterocycles. The van der Waals surface area contributed by atoms with Gasteiger partial charge in [0, 0.05) is 16.3 Å². The third-order valence-electron chi connectivity index (χ3n) is 2.87. The van der Waals surface area contributed by atoms with E-state index < -0.39 is 11.9 Å². The molecule has 4 nitrogen and oxygen atoms in total. The SMILES string of the molecule is CC(=Cc1ccccc1)C(=O)NC(=O)Nc1ccc(Cl)cc1. The van der Waals surface area contributed by atoms with Crippen molar-refractivity contribution < 1.29 is 9.59 Å². The Kier molecular flexibility index (Phi) is 5.33. The molecule has 2 N–H and O–H groups in total. The maximum absolute atomic E-state index is 11.9. The van der Waals surface area contributed by atoms with E-state index in [1.807, 2.05) is 30.3 Å². The highest BCUT2D eigenvalue weighted by molar-refractivity contribution is 6.30. The number of carbonyl (C=O) groups excluding carboxylic acids is 2. The van der Waals surface area contributed by atoms with Crippen molar-refractivity contribution in [3.8, 4) is 0 Å². The highest BCUT2D eigenvalue weighted by Gasteiger charge is 2.09. The molecular weight excluding hydrogens is 300 g/mol. The third kappa shape index (κ3) is 4.75. The summed E-state index contributed by atoms with van der Waals surface area (Å²) in [6.07, 6.45) is 1.71. The normalized spacial score (nSPS) is 10.9. The van der Waals surface area contributed by atoms with Crippen LogP contribution in [0.4, 0.5) is 10.5 Å². The van der Waals surface area contributed by atoms with Gasteiger partial charge in [-0.15, -0.1) is 0 Å². The summed E-state index contributed by atoms with van der Waals surface area (Å²) in [5, 5.41) is 5.41. The number of urea groups is 1. The topological polar surface area (TPSA) is 58.2 Å². The first-order valence-electron chi connectivity index (χ1n) is 6.66. The van der Waals surface area contributed by atoms with Crippen molar-refractivity contribution in [2.45, 2.75) is 6.92 Å². The average molecular weight is 315 g/mol. The summed E-state index contributed by atoms with van der Waals surface area (Å²) >= 11 is 5.76. The Labute approximate surface area is 133 Å². The first kappa shape index (κ1) is 15.8. The van der Waals surface area contributed by atoms with Crippen LogP contribution in [0.3, 0.4) is 0 Å². The first-order valence-corrected chi connectivity index (χ1v) is 7.03. The Bertz CT molecular complexity index is 694. The zero-order chi connectivity index (χ0) is 15.9. The molecule has 0 aliphatic heterocycles. The summed E-state index contributed by atoms with van der Waals surface area (Å²) < 4.78 is 0. The fraction of sp³-hybridized carbons (Fsp3) is 0.0588. The van der Waals surface area contributed by atoms with Gasteiger partial charge in [-0.2, -0.15) is 0 Å². The predicted molar refractivity (Wildman–Crippen MR) is 88.7 cm³/mol. The summed E-state index contributed by atoms with van der Waals surface area (Å²) in [6, 6.07) is 15.4. The molecule has 112 valence electrons. The zero-order valence-corrected chi connectivity index (χ0v) is 12.7. The summed E-state index contributed by atoms with van der Waals surface area (Å²) in [5.41, 5.74) is 1.89. The van der Waals surface area contributed by atoms with Crippen LogP contribution in [0, 0.1) is 0 Å². The van der Waals surface area contributed by atoms with E-state index in [0.29, 0.717) is 16.3 Å². The molecule has 3 amide bonds. The second-order valence-electron chi connectivity index (χ2n) is 4.65. The number of imide groups is 1. The fourth-order valence-electron chi connectivity index (χ4n) is 1.76. The number of anilines is 1. The highest BCUT2D eigenvalue weighted by Crippen LogP contribution is 2.13. The van der Waals surface area contributed by atoms with Crippen molar-refractivity contribution in [3.05, 3.63) is 70.8 Å². The third-order valence-corrected chi connectivity index (χ3v) is 3.12. The van der Waals surface area contributed by atoms with E-state index in [-0.39, 0.29) is 0 Å². The van der Waals surface area contributed by atoms with Gasteiger partial charge in [0.1, 0.15) is 0 Å². The first-order chi connectivity index (χ1) is 10.5. The van der Waals surface area contributed by atoms with Gasteiger partial charge in [0.25, 0.3) is 5.91 Å². The number of carbonyl (C=O) groups is 2. The van der Waals surface area contributed by atoms with Gasteiger partial charge in [-0.3, -0.25) is 10.1 Å². The number of amides is 3. The van der Waals surface area contributed by atoms with Gasteiger partial charge in [0.15, 0.2) is 0 Å². The van der Waals surface area contributed by atoms with E-state index in [2.05, 4.69) is 10.6 Å². The van der Waals surface area contributed by atoms with Crippen molar-refractivity contribution in [2.24, 2.45) is 0 Å². The summed E-state index contributed by atoms with van der Waals surface area (Å²) in [5.74, 6) is -0.449. The summed E-state index contributed by atoms with van der Waals surface area (Å²) in [6.45, 7) is 1.65. The van der Waals surface area contributed by atoms with Gasteiger partial charge in [0.05, 0.1) is 0 Å². The average Bonchev–Trinajstić information content (AvgIpc) is 2.50. The maximum Gasteiger partial charge on any atom is 0.326 e. The van der Waals surface area contributed by atoms with Gasteiger partial charge in [-0.25, -0.2) is 4.79 Å². The molecular formula is C17H15ClN2O2. The number of rotatable bonds is 3. The molecule has 0 radical (unpaired) electrons. The fourth-order valence-corrected chi connectivity index (χ4v) is 1.89. The van der Waals surface area contributed by atoms with Gasteiger partial charge in [-0.1, -0.05) is 41.9 Å². The molecule has 2 aromatic rings. The molecule has 0 aliphatic carbocycles. The number of nitrogens with one attached hydrogen (secondary N) is 2. The van der Waals surface area contributed by atoms with Gasteiger partial charge < -0.3 is 5.32 Å². The standard InChI is InChI=1S/C17H15ClN2O2/c1-12(11-13-5-3-2-4-6-13)16(21)20-17(22)19-15-9-7-14(18)8-10-15/h2-11H,1H3,(H2,19,20,21,22). The van der Waals surface area contributed by atoms with Crippen LogP contribution in [-0.4, -0.2) is 11.9 Å². The maximum atomic E-state index is 11.9. The molecule has 0 bridgehead atoms. The minimum atomic E-state index is -0.590. The second-order valence-corrected chi connectivity index (χ2v) is 5.09. The quantitative estimate of drug-likeness (QED) is 0.838. The van der Waals surface area contributed by atoms with Crippen molar-refractivity contribution in [2.75, 3.05) is 5.32 Å². The lowest BCUT2D eigenvalue weighted by molar-refractivity contribution is -0.116. The van der Waals surface area contributed by atoms with Gasteiger partial charge >= 0.3 is 6.03 Å². The lowest BCUT2D eigenvalue weighted by Gasteiger charge is -2.07. The Morgan fingerprint density at radius 3 is 2.27 bits per heavy atom. The molecule has 0 aromatic heterocycles. The van der Waals surface area contributed by atoms with Crippen molar-refractivity contribution in [3.63, 3.8) is 0 Å². The van der Waals surface area contributed by atoms with Crippen LogP contribution in [0.25, 0.3) is 6.08 Å². The molecule has 2 rings (SSSR count). The Morgan fingerprint density at radius 1 is 1.00 bits per heavy atom. The van der Waals surface area contributed by atoms with E-state index in [1.54, 1.807) is 37.3 Å². The minimum Gasteiger partial charge on any atom is -0.308 e. The van der Waals surface area contributed by atoms with Crippen LogP contribution in [0.2, 0.25) is 5.02 Å². The van der Waals surface area contributed by atoms with Crippen LogP contribution in [0.15, 0.2) is 60.2 Å². The van der Waals surface area contributed by atoms with E-state index in [1.165, 1.54) is 0 Å². The molecule has 2 aromatic carbocycles. The number of halogens is 1. The van der Waals surface area contributed by atoms with Gasteiger partial charge in [-0.05, 0) is 42.8 Å². The van der Waals surface area contributed by atoms with Crippen LogP contribution in [-0.2, 0) is 4.79 Å². The van der Waals surface area contributed by atoms with Gasteiger partial charge in [0.2, 0.25) is 0 Å². The molecule has 0 fully saturated rings.